The summed E-state index contributed by atoms with van der Waals surface area (Å²) in [5.41, 5.74) is 3.84. The molecule has 0 amide bonds. The number of aromatic amines is 1. The number of rotatable bonds is 5. The van der Waals surface area contributed by atoms with Crippen molar-refractivity contribution in [3.63, 3.8) is 0 Å². The highest BCUT2D eigenvalue weighted by atomic mass is 127. The summed E-state index contributed by atoms with van der Waals surface area (Å²) >= 11 is 2.20. The second-order valence-electron chi connectivity index (χ2n) is 6.71. The molecule has 2 heterocycles. The van der Waals surface area contributed by atoms with Crippen LogP contribution in [0.5, 0.6) is 0 Å². The third-order valence-corrected chi connectivity index (χ3v) is 5.50. The minimum Gasteiger partial charge on any atom is -0.396 e. The van der Waals surface area contributed by atoms with Crippen LogP contribution in [0.25, 0.3) is 34.0 Å². The second-order valence-corrected chi connectivity index (χ2v) is 7.95. The Balaban J connectivity index is 1.87. The van der Waals surface area contributed by atoms with Crippen LogP contribution in [-0.2, 0) is 6.54 Å². The van der Waals surface area contributed by atoms with Gasteiger partial charge in [-0.1, -0.05) is 18.2 Å². The fourth-order valence-corrected chi connectivity index (χ4v) is 3.94. The number of hydrogen-bond donors (Lipinski definition) is 2. The number of H-pyrrole nitrogens is 1. The van der Waals surface area contributed by atoms with E-state index >= 15 is 0 Å². The number of benzene rings is 2. The molecule has 2 N–H and O–H groups in total. The van der Waals surface area contributed by atoms with E-state index < -0.39 is 0 Å². The highest BCUT2D eigenvalue weighted by molar-refractivity contribution is 14.1. The number of fused-ring (bicyclic) bond motifs is 2. The Labute approximate surface area is 175 Å². The molecule has 0 atom stereocenters. The zero-order chi connectivity index (χ0) is 19.7. The van der Waals surface area contributed by atoms with E-state index in [2.05, 4.69) is 33.6 Å². The first-order valence-electron chi connectivity index (χ1n) is 9.15. The third kappa shape index (κ3) is 3.49. The second kappa shape index (κ2) is 7.89. The van der Waals surface area contributed by atoms with Crippen LogP contribution in [-0.4, -0.2) is 26.2 Å². The maximum absolute atomic E-state index is 13.0. The number of nitrogens with one attached hydrogen (secondary N) is 1. The maximum atomic E-state index is 13.0. The molecule has 0 unspecified atom stereocenters. The quantitative estimate of drug-likeness (QED) is 0.413. The van der Waals surface area contributed by atoms with Crippen molar-refractivity contribution < 1.29 is 5.11 Å². The van der Waals surface area contributed by atoms with E-state index in [0.717, 1.165) is 25.7 Å². The summed E-state index contributed by atoms with van der Waals surface area (Å²) in [6.07, 6.45) is 4.40. The van der Waals surface area contributed by atoms with Crippen LogP contribution in [0.4, 0.5) is 0 Å². The van der Waals surface area contributed by atoms with Crippen molar-refractivity contribution in [2.45, 2.75) is 19.9 Å². The fraction of sp³-hybridized carbons (Fsp3) is 0.182. The molecule has 5 nitrogen and oxygen atoms in total. The minimum absolute atomic E-state index is 0.0293. The molecule has 0 radical (unpaired) electrons. The van der Waals surface area contributed by atoms with Crippen LogP contribution in [0.15, 0.2) is 47.3 Å². The summed E-state index contributed by atoms with van der Waals surface area (Å²) in [6.45, 7) is 2.49. The molecule has 0 aliphatic rings. The Kier molecular flexibility index (Phi) is 5.32. The molecule has 0 saturated carbocycles. The van der Waals surface area contributed by atoms with Gasteiger partial charge in [-0.05, 0) is 72.4 Å². The van der Waals surface area contributed by atoms with E-state index in [1.165, 1.54) is 0 Å². The van der Waals surface area contributed by atoms with Gasteiger partial charge in [0.2, 0.25) is 0 Å². The number of halogens is 1. The summed E-state index contributed by atoms with van der Waals surface area (Å²) in [4.78, 5) is 21.2. The van der Waals surface area contributed by atoms with Crippen LogP contribution in [0.3, 0.4) is 0 Å². The number of nitrogens with zero attached hydrogens (tertiary/aromatic N) is 2. The first kappa shape index (κ1) is 18.9. The van der Waals surface area contributed by atoms with Gasteiger partial charge >= 0.3 is 0 Å². The van der Waals surface area contributed by atoms with Crippen molar-refractivity contribution in [2.75, 3.05) is 6.61 Å². The summed E-state index contributed by atoms with van der Waals surface area (Å²) < 4.78 is 2.64. The largest absolute Gasteiger partial charge is 0.396 e. The van der Waals surface area contributed by atoms with Gasteiger partial charge in [0.05, 0.1) is 10.9 Å². The van der Waals surface area contributed by atoms with Crippen molar-refractivity contribution in [3.8, 4) is 0 Å². The highest BCUT2D eigenvalue weighted by Crippen LogP contribution is 2.24. The standard InChI is InChI=1S/C22H20IN3O2/c1-14-16(17-5-2-3-6-19(17)24-14)8-10-21-25-20-9-7-15(23)13-18(20)22(28)26(21)11-4-12-27/h2-3,5-10,13,24,27H,4,11-12H2,1H3/b10-8+. The van der Waals surface area contributed by atoms with Gasteiger partial charge in [-0.25, -0.2) is 4.98 Å². The smallest absolute Gasteiger partial charge is 0.261 e. The Morgan fingerprint density at radius 1 is 1.18 bits per heavy atom. The van der Waals surface area contributed by atoms with Crippen LogP contribution in [0, 0.1) is 10.5 Å². The van der Waals surface area contributed by atoms with Crippen molar-refractivity contribution >= 4 is 56.5 Å². The molecule has 0 saturated heterocycles. The van der Waals surface area contributed by atoms with E-state index in [0.29, 0.717) is 29.7 Å². The maximum Gasteiger partial charge on any atom is 0.261 e. The molecule has 6 heteroatoms. The van der Waals surface area contributed by atoms with E-state index in [4.69, 9.17) is 4.98 Å². The SMILES string of the molecule is Cc1[nH]c2ccccc2c1/C=C/c1nc2ccc(I)cc2c(=O)n1CCCO. The predicted octanol–water partition coefficient (Wildman–Crippen LogP) is 4.34. The first-order chi connectivity index (χ1) is 13.6. The van der Waals surface area contributed by atoms with Gasteiger partial charge in [-0.15, -0.1) is 0 Å². The minimum atomic E-state index is -0.0766. The number of aliphatic hydroxyl groups is 1. The van der Waals surface area contributed by atoms with Gasteiger partial charge in [0.1, 0.15) is 5.82 Å². The normalized spacial score (nSPS) is 11.8. The number of hydrogen-bond acceptors (Lipinski definition) is 3. The Bertz CT molecular complexity index is 1250. The average Bonchev–Trinajstić information content (AvgIpc) is 3.01. The Morgan fingerprint density at radius 2 is 2.00 bits per heavy atom. The van der Waals surface area contributed by atoms with Crippen molar-refractivity contribution in [3.05, 3.63) is 73.5 Å². The summed E-state index contributed by atoms with van der Waals surface area (Å²) in [5.74, 6) is 0.594. The number of aryl methyl sites for hydroxylation is 1. The number of para-hydroxylation sites is 1. The van der Waals surface area contributed by atoms with Crippen LogP contribution in [0.1, 0.15) is 23.5 Å². The molecule has 0 spiro atoms. The molecule has 0 aliphatic heterocycles. The first-order valence-corrected chi connectivity index (χ1v) is 10.2. The van der Waals surface area contributed by atoms with Gasteiger partial charge in [0, 0.05) is 38.9 Å². The molecule has 2 aromatic carbocycles. The van der Waals surface area contributed by atoms with E-state index in [1.807, 2.05) is 55.5 Å². The van der Waals surface area contributed by atoms with E-state index in [1.54, 1.807) is 4.57 Å². The molecule has 4 rings (SSSR count). The zero-order valence-electron chi connectivity index (χ0n) is 15.4. The van der Waals surface area contributed by atoms with E-state index in [-0.39, 0.29) is 12.2 Å². The van der Waals surface area contributed by atoms with Crippen LogP contribution in [0.2, 0.25) is 0 Å². The number of aromatic nitrogens is 3. The molecule has 28 heavy (non-hydrogen) atoms. The van der Waals surface area contributed by atoms with Crippen molar-refractivity contribution in [2.24, 2.45) is 0 Å². The Morgan fingerprint density at radius 3 is 2.82 bits per heavy atom. The van der Waals surface area contributed by atoms with E-state index in [9.17, 15) is 9.90 Å². The molecule has 2 aromatic heterocycles. The molecule has 0 bridgehead atoms. The summed E-state index contributed by atoms with van der Waals surface area (Å²) in [6, 6.07) is 13.8. The lowest BCUT2D eigenvalue weighted by Crippen LogP contribution is -2.24. The molecule has 142 valence electrons. The summed E-state index contributed by atoms with van der Waals surface area (Å²) in [5, 5.41) is 11.0. The monoisotopic (exact) mass is 485 g/mol. The van der Waals surface area contributed by atoms with Gasteiger partial charge in [-0.3, -0.25) is 9.36 Å². The molecular weight excluding hydrogens is 465 g/mol. The molecule has 0 fully saturated rings. The third-order valence-electron chi connectivity index (χ3n) is 4.83. The summed E-state index contributed by atoms with van der Waals surface area (Å²) in [7, 11) is 0. The topological polar surface area (TPSA) is 70.9 Å². The predicted molar refractivity (Wildman–Crippen MR) is 122 cm³/mol. The zero-order valence-corrected chi connectivity index (χ0v) is 17.6. The lowest BCUT2D eigenvalue weighted by atomic mass is 10.1. The van der Waals surface area contributed by atoms with Gasteiger partial charge in [0.25, 0.3) is 5.56 Å². The van der Waals surface area contributed by atoms with Crippen LogP contribution >= 0.6 is 22.6 Å². The average molecular weight is 485 g/mol. The number of aliphatic hydroxyl groups excluding tert-OH is 1. The fourth-order valence-electron chi connectivity index (χ4n) is 3.45. The van der Waals surface area contributed by atoms with Crippen molar-refractivity contribution in [1.82, 2.24) is 14.5 Å². The van der Waals surface area contributed by atoms with Gasteiger partial charge in [0.15, 0.2) is 0 Å². The van der Waals surface area contributed by atoms with Crippen molar-refractivity contribution in [1.29, 1.82) is 0 Å². The molecular formula is C22H20IN3O2. The molecule has 4 aromatic rings. The highest BCUT2D eigenvalue weighted by Gasteiger charge is 2.11. The van der Waals surface area contributed by atoms with Gasteiger partial charge in [-0.2, -0.15) is 0 Å². The van der Waals surface area contributed by atoms with Crippen LogP contribution < -0.4 is 5.56 Å². The Hall–Kier alpha value is -2.45. The van der Waals surface area contributed by atoms with Gasteiger partial charge < -0.3 is 10.1 Å². The molecule has 0 aliphatic carbocycles. The lowest BCUT2D eigenvalue weighted by Gasteiger charge is -2.11. The lowest BCUT2D eigenvalue weighted by molar-refractivity contribution is 0.278.